The van der Waals surface area contributed by atoms with Crippen molar-refractivity contribution < 1.29 is 39.3 Å². The van der Waals surface area contributed by atoms with Gasteiger partial charge in [0.05, 0.1) is 13.2 Å². The minimum absolute atomic E-state index is 0.125. The number of nitrogens with one attached hydrogen (secondary N) is 2. The molecular formula is C12H16N2O8. The quantitative estimate of drug-likeness (QED) is 0.329. The van der Waals surface area contributed by atoms with E-state index in [1.807, 2.05) is 10.6 Å². The van der Waals surface area contributed by atoms with Gasteiger partial charge < -0.3 is 15.3 Å². The normalized spacial score (nSPS) is 13.8. The van der Waals surface area contributed by atoms with Crippen molar-refractivity contribution in [2.75, 3.05) is 13.2 Å². The van der Waals surface area contributed by atoms with E-state index in [-0.39, 0.29) is 36.8 Å². The molecule has 0 aromatic carbocycles. The highest BCUT2D eigenvalue weighted by Crippen LogP contribution is 1.83. The van der Waals surface area contributed by atoms with Gasteiger partial charge in [-0.05, 0) is 0 Å². The second-order valence-corrected chi connectivity index (χ2v) is 3.34. The van der Waals surface area contributed by atoms with Gasteiger partial charge in [0.2, 0.25) is 0 Å². The maximum atomic E-state index is 10.0. The van der Waals surface area contributed by atoms with Crippen LogP contribution in [0, 0.1) is 0 Å². The largest absolute Gasteiger partial charge is 0.481 e. The predicted molar refractivity (Wildman–Crippen MR) is 72.1 cm³/mol. The number of hydrogen-bond donors (Lipinski definition) is 5. The van der Waals surface area contributed by atoms with Crippen LogP contribution in [0.25, 0.3) is 0 Å². The zero-order valence-corrected chi connectivity index (χ0v) is 11.6. The lowest BCUT2D eigenvalue weighted by Crippen LogP contribution is -2.19. The summed E-state index contributed by atoms with van der Waals surface area (Å²) >= 11 is 0. The lowest BCUT2D eigenvalue weighted by atomic mass is 10.6. The summed E-state index contributed by atoms with van der Waals surface area (Å²) in [6.45, 7) is 0.833. The van der Waals surface area contributed by atoms with Gasteiger partial charge in [0, 0.05) is 31.2 Å². The molecule has 0 saturated heterocycles. The van der Waals surface area contributed by atoms with Crippen LogP contribution in [-0.4, -0.2) is 58.1 Å². The summed E-state index contributed by atoms with van der Waals surface area (Å²) < 4.78 is 0. The van der Waals surface area contributed by atoms with E-state index in [1.165, 1.54) is 24.3 Å². The van der Waals surface area contributed by atoms with Gasteiger partial charge in [-0.3, -0.25) is 34.6 Å². The van der Waals surface area contributed by atoms with Gasteiger partial charge in [-0.1, -0.05) is 0 Å². The molecule has 0 aromatic heterocycles. The fourth-order valence-electron chi connectivity index (χ4n) is 0.712. The van der Waals surface area contributed by atoms with Crippen molar-refractivity contribution in [1.29, 1.82) is 0 Å². The van der Waals surface area contributed by atoms with Gasteiger partial charge >= 0.3 is 0 Å². The molecule has 2 aliphatic heterocycles. The summed E-state index contributed by atoms with van der Waals surface area (Å²) in [7, 11) is 0. The Bertz CT molecular complexity index is 408. The molecule has 0 saturated carbocycles. The van der Waals surface area contributed by atoms with Crippen LogP contribution in [0.3, 0.4) is 0 Å². The Morgan fingerprint density at radius 2 is 1.00 bits per heavy atom. The summed E-state index contributed by atoms with van der Waals surface area (Å²) in [6, 6.07) is 0. The number of carboxylic acids is 1. The number of aliphatic carboxylic acids is 1. The van der Waals surface area contributed by atoms with E-state index >= 15 is 0 Å². The topological polar surface area (TPSA) is 170 Å². The molecular weight excluding hydrogens is 300 g/mol. The average Bonchev–Trinajstić information content (AvgIpc) is 2.98. The van der Waals surface area contributed by atoms with Crippen molar-refractivity contribution in [3.8, 4) is 0 Å². The Morgan fingerprint density at radius 3 is 1.05 bits per heavy atom. The van der Waals surface area contributed by atoms with Crippen molar-refractivity contribution in [3.05, 3.63) is 24.3 Å². The monoisotopic (exact) mass is 316 g/mol. The highest BCUT2D eigenvalue weighted by Gasteiger charge is 2.07. The number of aliphatic hydroxyl groups is 2. The first kappa shape index (κ1) is 21.4. The SMILES string of the molecule is CC(=O)O.O=C1C=CC(=O)N1.O=C1C=CC(=O)N1.OCCO. The van der Waals surface area contributed by atoms with Gasteiger partial charge in [0.1, 0.15) is 0 Å². The highest BCUT2D eigenvalue weighted by atomic mass is 16.4. The van der Waals surface area contributed by atoms with Crippen LogP contribution in [0.4, 0.5) is 0 Å². The van der Waals surface area contributed by atoms with Gasteiger partial charge in [-0.25, -0.2) is 0 Å². The van der Waals surface area contributed by atoms with E-state index in [1.54, 1.807) is 0 Å². The molecule has 122 valence electrons. The molecule has 4 amide bonds. The molecule has 0 spiro atoms. The molecule has 0 fully saturated rings. The first-order valence-corrected chi connectivity index (χ1v) is 5.70. The summed E-state index contributed by atoms with van der Waals surface area (Å²) in [6.07, 6.45) is 4.79. The summed E-state index contributed by atoms with van der Waals surface area (Å²) in [4.78, 5) is 49.1. The van der Waals surface area contributed by atoms with E-state index in [9.17, 15) is 19.2 Å². The van der Waals surface area contributed by atoms with Gasteiger partial charge in [-0.15, -0.1) is 0 Å². The second kappa shape index (κ2) is 13.1. The van der Waals surface area contributed by atoms with Gasteiger partial charge in [0.15, 0.2) is 0 Å². The molecule has 10 heteroatoms. The zero-order valence-electron chi connectivity index (χ0n) is 11.6. The Balaban J connectivity index is 0. The Hall–Kier alpha value is -2.85. The lowest BCUT2D eigenvalue weighted by molar-refractivity contribution is -0.134. The van der Waals surface area contributed by atoms with Crippen LogP contribution in [0.15, 0.2) is 24.3 Å². The molecule has 22 heavy (non-hydrogen) atoms. The molecule has 0 aliphatic carbocycles. The smallest absolute Gasteiger partial charge is 0.300 e. The van der Waals surface area contributed by atoms with E-state index < -0.39 is 5.97 Å². The Labute approximate surface area is 125 Å². The summed E-state index contributed by atoms with van der Waals surface area (Å²) in [5.41, 5.74) is 0. The molecule has 0 bridgehead atoms. The van der Waals surface area contributed by atoms with Gasteiger partial charge in [-0.2, -0.15) is 0 Å². The van der Waals surface area contributed by atoms with Crippen molar-refractivity contribution in [1.82, 2.24) is 10.6 Å². The molecule has 0 atom stereocenters. The standard InChI is InChI=1S/2C4H3NO2.C2H4O2.C2H6O2/c2*6-3-1-2-4(7)5-3;1-2(3)4;3-1-2-4/h2*1-2H,(H,5,6,7);1H3,(H,3,4);3-4H,1-2H2. The molecule has 0 unspecified atom stereocenters. The number of aliphatic hydroxyl groups excluding tert-OH is 2. The lowest BCUT2D eigenvalue weighted by Gasteiger charge is -1.80. The van der Waals surface area contributed by atoms with Crippen molar-refractivity contribution >= 4 is 29.6 Å². The number of carbonyl (C=O) groups is 5. The van der Waals surface area contributed by atoms with Crippen molar-refractivity contribution in [2.45, 2.75) is 6.92 Å². The van der Waals surface area contributed by atoms with Crippen LogP contribution in [0.1, 0.15) is 6.92 Å². The van der Waals surface area contributed by atoms with Gasteiger partial charge in [0.25, 0.3) is 29.6 Å². The number of carboxylic acid groups (broad SMARTS) is 1. The third-order valence-corrected chi connectivity index (χ3v) is 1.36. The van der Waals surface area contributed by atoms with Crippen LogP contribution in [0.5, 0.6) is 0 Å². The van der Waals surface area contributed by atoms with Crippen molar-refractivity contribution in [2.24, 2.45) is 0 Å². The average molecular weight is 316 g/mol. The predicted octanol–water partition coefficient (Wildman–Crippen LogP) is -2.54. The first-order chi connectivity index (χ1) is 10.2. The molecule has 10 nitrogen and oxygen atoms in total. The molecule has 5 N–H and O–H groups in total. The Morgan fingerprint density at radius 1 is 0.818 bits per heavy atom. The van der Waals surface area contributed by atoms with Crippen LogP contribution in [-0.2, 0) is 24.0 Å². The number of rotatable bonds is 1. The fourth-order valence-corrected chi connectivity index (χ4v) is 0.712. The van der Waals surface area contributed by atoms with E-state index in [2.05, 4.69) is 0 Å². The molecule has 0 radical (unpaired) electrons. The van der Waals surface area contributed by atoms with Crippen molar-refractivity contribution in [3.63, 3.8) is 0 Å². The maximum Gasteiger partial charge on any atom is 0.300 e. The van der Waals surface area contributed by atoms with Crippen LogP contribution >= 0.6 is 0 Å². The minimum atomic E-state index is -0.833. The zero-order chi connectivity index (χ0) is 17.5. The third-order valence-electron chi connectivity index (χ3n) is 1.36. The molecule has 2 rings (SSSR count). The maximum absolute atomic E-state index is 10.0. The number of imide groups is 2. The third kappa shape index (κ3) is 17.2. The van der Waals surface area contributed by atoms with Crippen LogP contribution in [0.2, 0.25) is 0 Å². The fraction of sp³-hybridized carbons (Fsp3) is 0.250. The minimum Gasteiger partial charge on any atom is -0.481 e. The molecule has 2 aliphatic rings. The van der Waals surface area contributed by atoms with E-state index in [4.69, 9.17) is 20.1 Å². The molecule has 2 heterocycles. The molecule has 0 aromatic rings. The summed E-state index contributed by atoms with van der Waals surface area (Å²) in [5.74, 6) is -2.15. The van der Waals surface area contributed by atoms with E-state index in [0.29, 0.717) is 0 Å². The number of hydrogen-bond acceptors (Lipinski definition) is 7. The van der Waals surface area contributed by atoms with E-state index in [0.717, 1.165) is 6.92 Å². The summed E-state index contributed by atoms with van der Waals surface area (Å²) in [5, 5.41) is 26.7. The number of amides is 4. The second-order valence-electron chi connectivity index (χ2n) is 3.34. The van der Waals surface area contributed by atoms with Crippen LogP contribution < -0.4 is 10.6 Å². The highest BCUT2D eigenvalue weighted by molar-refractivity contribution is 6.13. The Kier molecular flexibility index (Phi) is 12.8. The first-order valence-electron chi connectivity index (χ1n) is 5.70. The number of carbonyl (C=O) groups excluding carboxylic acids is 4.